The Morgan fingerprint density at radius 1 is 1.04 bits per heavy atom. The quantitative estimate of drug-likeness (QED) is 0.759. The van der Waals surface area contributed by atoms with E-state index in [1.54, 1.807) is 31.4 Å². The molecule has 6 nitrogen and oxygen atoms in total. The van der Waals surface area contributed by atoms with Gasteiger partial charge in [0.1, 0.15) is 12.2 Å². The second-order valence-corrected chi connectivity index (χ2v) is 6.59. The van der Waals surface area contributed by atoms with Crippen molar-refractivity contribution in [3.05, 3.63) is 47.0 Å². The molecule has 6 heteroatoms. The van der Waals surface area contributed by atoms with Crippen LogP contribution in [0.15, 0.2) is 30.3 Å². The summed E-state index contributed by atoms with van der Waals surface area (Å²) in [6.07, 6.45) is -2.19. The predicted octanol–water partition coefficient (Wildman–Crippen LogP) is 3.06. The summed E-state index contributed by atoms with van der Waals surface area (Å²) in [6, 6.07) is 8.65. The van der Waals surface area contributed by atoms with Crippen LogP contribution in [0, 0.1) is 0 Å². The Balaban J connectivity index is 2.02. The zero-order valence-electron chi connectivity index (χ0n) is 15.3. The van der Waals surface area contributed by atoms with Crippen molar-refractivity contribution < 1.29 is 29.5 Å². The first-order chi connectivity index (χ1) is 12.4. The average molecular weight is 360 g/mol. The zero-order chi connectivity index (χ0) is 19.0. The molecule has 1 aliphatic rings. The smallest absolute Gasteiger partial charge is 0.165 e. The van der Waals surface area contributed by atoms with Crippen LogP contribution in [-0.4, -0.2) is 35.6 Å². The zero-order valence-corrected chi connectivity index (χ0v) is 15.3. The van der Waals surface area contributed by atoms with Crippen molar-refractivity contribution in [2.45, 2.75) is 38.1 Å². The number of benzene rings is 2. The summed E-state index contributed by atoms with van der Waals surface area (Å²) in [6.45, 7) is 3.56. The van der Waals surface area contributed by atoms with Gasteiger partial charge in [0.15, 0.2) is 23.0 Å². The minimum Gasteiger partial charge on any atom is -0.504 e. The Labute approximate surface area is 152 Å². The van der Waals surface area contributed by atoms with E-state index in [9.17, 15) is 15.3 Å². The number of ether oxygens (including phenoxy) is 3. The number of phenolic OH excluding ortho intramolecular Hbond substituents is 1. The normalized spacial score (nSPS) is 20.8. The Bertz CT molecular complexity index is 801. The number of hydrogen-bond donors (Lipinski definition) is 3. The molecule has 0 amide bonds. The molecule has 0 bridgehead atoms. The van der Waals surface area contributed by atoms with Gasteiger partial charge in [0.05, 0.1) is 20.3 Å². The van der Waals surface area contributed by atoms with Crippen LogP contribution in [0.5, 0.6) is 23.0 Å². The van der Waals surface area contributed by atoms with Crippen LogP contribution in [0.3, 0.4) is 0 Å². The molecule has 2 aromatic rings. The lowest BCUT2D eigenvalue weighted by atomic mass is 9.90. The summed E-state index contributed by atoms with van der Waals surface area (Å²) in [5.41, 5.74) is 2.34. The van der Waals surface area contributed by atoms with E-state index in [4.69, 9.17) is 14.2 Å². The maximum Gasteiger partial charge on any atom is 0.165 e. The van der Waals surface area contributed by atoms with Gasteiger partial charge in [0.25, 0.3) is 0 Å². The molecule has 0 unspecified atom stereocenters. The van der Waals surface area contributed by atoms with Crippen LogP contribution < -0.4 is 14.2 Å². The van der Waals surface area contributed by atoms with Crippen molar-refractivity contribution in [3.63, 3.8) is 0 Å². The first-order valence-corrected chi connectivity index (χ1v) is 8.48. The molecule has 4 atom stereocenters. The van der Waals surface area contributed by atoms with Gasteiger partial charge < -0.3 is 29.5 Å². The molecule has 3 N–H and O–H groups in total. The minimum atomic E-state index is -1.01. The van der Waals surface area contributed by atoms with Crippen LogP contribution in [0.2, 0.25) is 0 Å². The highest BCUT2D eigenvalue weighted by atomic mass is 16.5. The first kappa shape index (κ1) is 18.4. The van der Waals surface area contributed by atoms with Gasteiger partial charge >= 0.3 is 0 Å². The molecule has 0 aliphatic carbocycles. The highest BCUT2D eigenvalue weighted by molar-refractivity contribution is 5.56. The minimum absolute atomic E-state index is 0.0192. The standard InChI is InChI=1S/C20H24O6/c1-10-14-7-13(18(23)11(2)21)9-17(25-4)20(14)26-19(10)12-5-6-15(22)16(8-12)24-3/h5-11,18-19,21-23H,1-4H3/t10-,11-,18-,19-/m0/s1. The van der Waals surface area contributed by atoms with E-state index >= 15 is 0 Å². The Kier molecular flexibility index (Phi) is 4.98. The van der Waals surface area contributed by atoms with Gasteiger partial charge in [0.2, 0.25) is 0 Å². The highest BCUT2D eigenvalue weighted by Crippen LogP contribution is 2.51. The summed E-state index contributed by atoms with van der Waals surface area (Å²) in [7, 11) is 3.04. The van der Waals surface area contributed by atoms with E-state index < -0.39 is 12.2 Å². The van der Waals surface area contributed by atoms with E-state index in [1.807, 2.05) is 13.0 Å². The number of aliphatic hydroxyl groups excluding tert-OH is 2. The van der Waals surface area contributed by atoms with Crippen LogP contribution in [0.4, 0.5) is 0 Å². The van der Waals surface area contributed by atoms with E-state index in [2.05, 4.69) is 0 Å². The third-order valence-corrected chi connectivity index (χ3v) is 4.85. The lowest BCUT2D eigenvalue weighted by molar-refractivity contribution is 0.0304. The molecule has 1 aliphatic heterocycles. The number of methoxy groups -OCH3 is 2. The number of aliphatic hydroxyl groups is 2. The van der Waals surface area contributed by atoms with Crippen molar-refractivity contribution >= 4 is 0 Å². The molecule has 3 rings (SSSR count). The molecular formula is C20H24O6. The van der Waals surface area contributed by atoms with Gasteiger partial charge in [-0.3, -0.25) is 0 Å². The monoisotopic (exact) mass is 360 g/mol. The molecule has 0 spiro atoms. The largest absolute Gasteiger partial charge is 0.504 e. The highest BCUT2D eigenvalue weighted by Gasteiger charge is 2.36. The maximum atomic E-state index is 10.2. The van der Waals surface area contributed by atoms with Gasteiger partial charge in [-0.2, -0.15) is 0 Å². The van der Waals surface area contributed by atoms with Crippen molar-refractivity contribution in [2.75, 3.05) is 14.2 Å². The lowest BCUT2D eigenvalue weighted by Crippen LogP contribution is -2.14. The fraction of sp³-hybridized carbons (Fsp3) is 0.400. The topological polar surface area (TPSA) is 88.4 Å². The first-order valence-electron chi connectivity index (χ1n) is 8.48. The van der Waals surface area contributed by atoms with Crippen LogP contribution in [0.25, 0.3) is 0 Å². The Morgan fingerprint density at radius 3 is 2.35 bits per heavy atom. The molecular weight excluding hydrogens is 336 g/mol. The molecule has 1 heterocycles. The molecule has 0 saturated heterocycles. The van der Waals surface area contributed by atoms with Gasteiger partial charge in [-0.15, -0.1) is 0 Å². The fourth-order valence-electron chi connectivity index (χ4n) is 3.33. The predicted molar refractivity (Wildman–Crippen MR) is 96.1 cm³/mol. The Hall–Kier alpha value is -2.44. The fourth-order valence-corrected chi connectivity index (χ4v) is 3.33. The summed E-state index contributed by atoms with van der Waals surface area (Å²) < 4.78 is 16.8. The van der Waals surface area contributed by atoms with Crippen LogP contribution >= 0.6 is 0 Å². The van der Waals surface area contributed by atoms with E-state index in [0.717, 1.165) is 11.1 Å². The summed E-state index contributed by atoms with van der Waals surface area (Å²) in [5.74, 6) is 1.57. The number of hydrogen-bond acceptors (Lipinski definition) is 6. The maximum absolute atomic E-state index is 10.2. The second-order valence-electron chi connectivity index (χ2n) is 6.59. The van der Waals surface area contributed by atoms with Crippen molar-refractivity contribution in [3.8, 4) is 23.0 Å². The van der Waals surface area contributed by atoms with Gasteiger partial charge in [-0.1, -0.05) is 13.0 Å². The van der Waals surface area contributed by atoms with Crippen LogP contribution in [-0.2, 0) is 0 Å². The molecule has 140 valence electrons. The van der Waals surface area contributed by atoms with E-state index in [0.29, 0.717) is 22.8 Å². The molecule has 2 aromatic carbocycles. The lowest BCUT2D eigenvalue weighted by Gasteiger charge is -2.17. The molecule has 0 radical (unpaired) electrons. The molecule has 26 heavy (non-hydrogen) atoms. The summed E-state index contributed by atoms with van der Waals surface area (Å²) >= 11 is 0. The summed E-state index contributed by atoms with van der Waals surface area (Å²) in [4.78, 5) is 0. The molecule has 0 aromatic heterocycles. The number of phenols is 1. The van der Waals surface area contributed by atoms with Gasteiger partial charge in [-0.05, 0) is 42.3 Å². The SMILES string of the molecule is COc1cc([C@H]2Oc3c(OC)cc([C@@H](O)[C@H](C)O)cc3[C@@H]2C)ccc1O. The van der Waals surface area contributed by atoms with Crippen LogP contribution in [0.1, 0.15) is 48.7 Å². The molecule has 0 fully saturated rings. The number of fused-ring (bicyclic) bond motifs is 1. The third kappa shape index (κ3) is 3.06. The Morgan fingerprint density at radius 2 is 1.73 bits per heavy atom. The van der Waals surface area contributed by atoms with Crippen molar-refractivity contribution in [1.29, 1.82) is 0 Å². The van der Waals surface area contributed by atoms with E-state index in [1.165, 1.54) is 14.0 Å². The summed E-state index contributed by atoms with van der Waals surface area (Å²) in [5, 5.41) is 29.7. The number of rotatable bonds is 5. The van der Waals surface area contributed by atoms with Crippen molar-refractivity contribution in [1.82, 2.24) is 0 Å². The van der Waals surface area contributed by atoms with Gasteiger partial charge in [0, 0.05) is 11.5 Å². The average Bonchev–Trinajstić information content (AvgIpc) is 2.97. The molecule has 0 saturated carbocycles. The van der Waals surface area contributed by atoms with Crippen molar-refractivity contribution in [2.24, 2.45) is 0 Å². The number of aromatic hydroxyl groups is 1. The second kappa shape index (κ2) is 7.05. The third-order valence-electron chi connectivity index (χ3n) is 4.85. The van der Waals surface area contributed by atoms with Gasteiger partial charge in [-0.25, -0.2) is 0 Å². The van der Waals surface area contributed by atoms with E-state index in [-0.39, 0.29) is 17.8 Å².